The molecular weight excluding hydrogens is 423 g/mol. The number of anilines is 1. The van der Waals surface area contributed by atoms with E-state index in [1.807, 2.05) is 19.1 Å². The summed E-state index contributed by atoms with van der Waals surface area (Å²) in [5.74, 6) is -0.0259. The van der Waals surface area contributed by atoms with Crippen molar-refractivity contribution >= 4 is 39.0 Å². The van der Waals surface area contributed by atoms with Gasteiger partial charge < -0.3 is 4.74 Å². The summed E-state index contributed by atoms with van der Waals surface area (Å²) in [5.41, 5.74) is 2.21. The molecule has 0 unspecified atom stereocenters. The SMILES string of the molecule is Cc1cnc(NS(=O)(=O)c2cccc(Cl)c2Cl)c(OCc2ncccc2C)n1. The molecule has 2 aromatic heterocycles. The molecule has 0 saturated carbocycles. The number of benzene rings is 1. The highest BCUT2D eigenvalue weighted by Crippen LogP contribution is 2.31. The fourth-order valence-corrected chi connectivity index (χ4v) is 4.08. The van der Waals surface area contributed by atoms with Crippen molar-refractivity contribution in [2.45, 2.75) is 25.3 Å². The lowest BCUT2D eigenvalue weighted by atomic mass is 10.2. The third-order valence-electron chi connectivity index (χ3n) is 3.76. The van der Waals surface area contributed by atoms with Crippen molar-refractivity contribution in [2.24, 2.45) is 0 Å². The van der Waals surface area contributed by atoms with Gasteiger partial charge in [-0.15, -0.1) is 0 Å². The van der Waals surface area contributed by atoms with E-state index in [0.29, 0.717) is 11.4 Å². The van der Waals surface area contributed by atoms with Gasteiger partial charge in [0.25, 0.3) is 15.9 Å². The van der Waals surface area contributed by atoms with E-state index in [4.69, 9.17) is 27.9 Å². The minimum atomic E-state index is -4.06. The Labute approximate surface area is 172 Å². The second kappa shape index (κ2) is 8.30. The smallest absolute Gasteiger partial charge is 0.264 e. The molecule has 0 aliphatic carbocycles. The number of sulfonamides is 1. The van der Waals surface area contributed by atoms with Crippen LogP contribution in [0.4, 0.5) is 5.82 Å². The Morgan fingerprint density at radius 1 is 1.11 bits per heavy atom. The molecule has 1 aromatic carbocycles. The zero-order chi connectivity index (χ0) is 20.3. The lowest BCUT2D eigenvalue weighted by Crippen LogP contribution is -2.16. The average Bonchev–Trinajstić information content (AvgIpc) is 2.65. The molecule has 0 aliphatic rings. The number of pyridine rings is 1. The molecule has 0 radical (unpaired) electrons. The number of nitrogens with zero attached hydrogens (tertiary/aromatic N) is 3. The topological polar surface area (TPSA) is 94.1 Å². The Morgan fingerprint density at radius 2 is 1.89 bits per heavy atom. The van der Waals surface area contributed by atoms with Crippen LogP contribution in [0.1, 0.15) is 17.0 Å². The van der Waals surface area contributed by atoms with E-state index in [2.05, 4.69) is 19.7 Å². The molecule has 0 saturated heterocycles. The van der Waals surface area contributed by atoms with Gasteiger partial charge in [-0.2, -0.15) is 0 Å². The summed E-state index contributed by atoms with van der Waals surface area (Å²) in [6.45, 7) is 3.73. The van der Waals surface area contributed by atoms with Gasteiger partial charge in [-0.3, -0.25) is 9.71 Å². The van der Waals surface area contributed by atoms with Crippen LogP contribution in [0.15, 0.2) is 47.6 Å². The summed E-state index contributed by atoms with van der Waals surface area (Å²) >= 11 is 12.0. The molecular formula is C18H16Cl2N4O3S. The Bertz CT molecular complexity index is 1120. The number of nitrogens with one attached hydrogen (secondary N) is 1. The highest BCUT2D eigenvalue weighted by Gasteiger charge is 2.23. The lowest BCUT2D eigenvalue weighted by molar-refractivity contribution is 0.288. The van der Waals surface area contributed by atoms with E-state index in [1.165, 1.54) is 24.4 Å². The Balaban J connectivity index is 1.90. The van der Waals surface area contributed by atoms with Crippen molar-refractivity contribution in [1.29, 1.82) is 0 Å². The van der Waals surface area contributed by atoms with Gasteiger partial charge in [0, 0.05) is 6.20 Å². The van der Waals surface area contributed by atoms with Crippen molar-refractivity contribution in [1.82, 2.24) is 15.0 Å². The molecule has 0 fully saturated rings. The van der Waals surface area contributed by atoms with E-state index < -0.39 is 10.0 Å². The second-order valence-electron chi connectivity index (χ2n) is 5.88. The van der Waals surface area contributed by atoms with E-state index in [9.17, 15) is 8.42 Å². The van der Waals surface area contributed by atoms with Gasteiger partial charge in [0.2, 0.25) is 5.82 Å². The molecule has 10 heteroatoms. The van der Waals surface area contributed by atoms with Gasteiger partial charge in [-0.1, -0.05) is 35.3 Å². The number of hydrogen-bond acceptors (Lipinski definition) is 6. The molecule has 3 rings (SSSR count). The maximum absolute atomic E-state index is 12.8. The standard InChI is InChI=1S/C18H16Cl2N4O3S/c1-11-5-4-8-21-14(11)10-27-18-17(22-9-12(2)23-18)24-28(25,26)15-7-3-6-13(19)16(15)20/h3-9H,10H2,1-2H3,(H,22,24). The van der Waals surface area contributed by atoms with Crippen molar-refractivity contribution in [3.05, 3.63) is 69.7 Å². The first-order valence-corrected chi connectivity index (χ1v) is 10.4. The Kier molecular flexibility index (Phi) is 6.02. The highest BCUT2D eigenvalue weighted by molar-refractivity contribution is 7.92. The van der Waals surface area contributed by atoms with Crippen LogP contribution >= 0.6 is 23.2 Å². The minimum absolute atomic E-state index is 0.0341. The first kappa shape index (κ1) is 20.3. The predicted octanol–water partition coefficient (Wildman–Crippen LogP) is 4.18. The van der Waals surface area contributed by atoms with Crippen molar-refractivity contribution < 1.29 is 13.2 Å². The summed E-state index contributed by atoms with van der Waals surface area (Å²) in [7, 11) is -4.06. The zero-order valence-electron chi connectivity index (χ0n) is 15.0. The molecule has 0 aliphatic heterocycles. The van der Waals surface area contributed by atoms with Gasteiger partial charge in [0.15, 0.2) is 0 Å². The number of rotatable bonds is 6. The van der Waals surface area contributed by atoms with Crippen LogP contribution in [0, 0.1) is 13.8 Å². The van der Waals surface area contributed by atoms with Crippen LogP contribution in [0.3, 0.4) is 0 Å². The molecule has 7 nitrogen and oxygen atoms in total. The van der Waals surface area contributed by atoms with E-state index in [-0.39, 0.29) is 33.2 Å². The van der Waals surface area contributed by atoms with Gasteiger partial charge in [0.1, 0.15) is 11.5 Å². The van der Waals surface area contributed by atoms with Gasteiger partial charge in [-0.05, 0) is 37.6 Å². The Hall–Kier alpha value is -2.42. The maximum atomic E-state index is 12.8. The second-order valence-corrected chi connectivity index (χ2v) is 8.31. The van der Waals surface area contributed by atoms with Crippen LogP contribution in [0.5, 0.6) is 5.88 Å². The van der Waals surface area contributed by atoms with Gasteiger partial charge >= 0.3 is 0 Å². The average molecular weight is 439 g/mol. The molecule has 3 aromatic rings. The molecule has 0 spiro atoms. The quantitative estimate of drug-likeness (QED) is 0.620. The van der Waals surface area contributed by atoms with Crippen LogP contribution in [0.25, 0.3) is 0 Å². The van der Waals surface area contributed by atoms with Crippen LogP contribution < -0.4 is 9.46 Å². The maximum Gasteiger partial charge on any atom is 0.264 e. The van der Waals surface area contributed by atoms with Crippen LogP contribution in [-0.2, 0) is 16.6 Å². The highest BCUT2D eigenvalue weighted by atomic mass is 35.5. The van der Waals surface area contributed by atoms with E-state index >= 15 is 0 Å². The molecule has 0 amide bonds. The predicted molar refractivity (Wildman–Crippen MR) is 107 cm³/mol. The normalized spacial score (nSPS) is 11.3. The largest absolute Gasteiger partial charge is 0.468 e. The number of halogens is 2. The first-order valence-electron chi connectivity index (χ1n) is 8.11. The van der Waals surface area contributed by atoms with Crippen molar-refractivity contribution in [2.75, 3.05) is 4.72 Å². The summed E-state index contributed by atoms with van der Waals surface area (Å²) in [4.78, 5) is 12.4. The van der Waals surface area contributed by atoms with Crippen LogP contribution in [0.2, 0.25) is 10.0 Å². The summed E-state index contributed by atoms with van der Waals surface area (Å²) < 4.78 is 33.6. The zero-order valence-corrected chi connectivity index (χ0v) is 17.3. The lowest BCUT2D eigenvalue weighted by Gasteiger charge is -2.13. The van der Waals surface area contributed by atoms with E-state index in [1.54, 1.807) is 13.1 Å². The number of aromatic nitrogens is 3. The molecule has 146 valence electrons. The summed E-state index contributed by atoms with van der Waals surface area (Å²) in [6.07, 6.45) is 3.08. The third-order valence-corrected chi connectivity index (χ3v) is 6.07. The molecule has 2 heterocycles. The first-order chi connectivity index (χ1) is 13.3. The summed E-state index contributed by atoms with van der Waals surface area (Å²) in [6, 6.07) is 8.05. The van der Waals surface area contributed by atoms with Gasteiger partial charge in [-0.25, -0.2) is 18.4 Å². The van der Waals surface area contributed by atoms with Crippen LogP contribution in [-0.4, -0.2) is 23.4 Å². The summed E-state index contributed by atoms with van der Waals surface area (Å²) in [5, 5.41) is 0.0462. The van der Waals surface area contributed by atoms with E-state index in [0.717, 1.165) is 5.56 Å². The fraction of sp³-hybridized carbons (Fsp3) is 0.167. The Morgan fingerprint density at radius 3 is 2.64 bits per heavy atom. The number of ether oxygens (including phenoxy) is 1. The number of hydrogen-bond donors (Lipinski definition) is 1. The van der Waals surface area contributed by atoms with Crippen molar-refractivity contribution in [3.8, 4) is 5.88 Å². The third kappa shape index (κ3) is 4.52. The van der Waals surface area contributed by atoms with Gasteiger partial charge in [0.05, 0.1) is 27.6 Å². The fourth-order valence-electron chi connectivity index (χ4n) is 2.31. The minimum Gasteiger partial charge on any atom is -0.468 e. The molecule has 1 N–H and O–H groups in total. The monoisotopic (exact) mass is 438 g/mol. The number of aryl methyl sites for hydroxylation is 2. The molecule has 28 heavy (non-hydrogen) atoms. The molecule has 0 atom stereocenters. The molecule has 0 bridgehead atoms. The van der Waals surface area contributed by atoms with Crippen molar-refractivity contribution in [3.63, 3.8) is 0 Å².